The van der Waals surface area contributed by atoms with Gasteiger partial charge in [0.1, 0.15) is 12.9 Å². The number of amidine groups is 1. The molecule has 1 heterocycles. The maximum atomic E-state index is 12.7. The van der Waals surface area contributed by atoms with Crippen LogP contribution in [0.4, 0.5) is 0 Å². The smallest absolute Gasteiger partial charge is 0.308 e. The Kier molecular flexibility index (Phi) is 7.00. The van der Waals surface area contributed by atoms with Crippen molar-refractivity contribution >= 4 is 17.7 Å². The highest BCUT2D eigenvalue weighted by Crippen LogP contribution is 2.19. The van der Waals surface area contributed by atoms with E-state index < -0.39 is 17.9 Å². The monoisotopic (exact) mass is 431 g/mol. The summed E-state index contributed by atoms with van der Waals surface area (Å²) in [7, 11) is 1.95. The van der Waals surface area contributed by atoms with Crippen molar-refractivity contribution in [2.24, 2.45) is 18.7 Å². The summed E-state index contributed by atoms with van der Waals surface area (Å²) in [5, 5.41) is 20.1. The Bertz CT molecular complexity index is 1120. The number of carboxylic acids is 1. The van der Waals surface area contributed by atoms with Crippen molar-refractivity contribution in [3.8, 4) is 11.1 Å². The number of pyridine rings is 1. The molecular weight excluding hydrogens is 404 g/mol. The Morgan fingerprint density at radius 1 is 1.03 bits per heavy atom. The fraction of sp³-hybridized carbons (Fsp3) is 0.200. The topological polar surface area (TPSA) is 120 Å². The molecule has 1 amide bonds. The molecule has 0 aliphatic carbocycles. The number of hydrogen-bond acceptors (Lipinski definition) is 3. The predicted molar refractivity (Wildman–Crippen MR) is 122 cm³/mol. The molecule has 0 bridgehead atoms. The van der Waals surface area contributed by atoms with Crippen LogP contribution in [0.2, 0.25) is 0 Å². The number of rotatable bonds is 8. The fourth-order valence-electron chi connectivity index (χ4n) is 3.50. The summed E-state index contributed by atoms with van der Waals surface area (Å²) in [5.41, 5.74) is 9.30. The molecule has 2 aromatic carbocycles. The van der Waals surface area contributed by atoms with Crippen LogP contribution in [0.15, 0.2) is 73.1 Å². The van der Waals surface area contributed by atoms with Gasteiger partial charge in [-0.25, -0.2) is 4.57 Å². The summed E-state index contributed by atoms with van der Waals surface area (Å²) in [6.07, 6.45) is 4.12. The second-order valence-electron chi connectivity index (χ2n) is 7.85. The van der Waals surface area contributed by atoms with E-state index in [4.69, 9.17) is 11.1 Å². The summed E-state index contributed by atoms with van der Waals surface area (Å²) in [6.45, 7) is 1.68. The lowest BCUT2D eigenvalue weighted by Crippen LogP contribution is -2.42. The largest absolute Gasteiger partial charge is 0.481 e. The highest BCUT2D eigenvalue weighted by molar-refractivity contribution is 5.95. The van der Waals surface area contributed by atoms with Crippen LogP contribution in [-0.4, -0.2) is 28.9 Å². The number of nitrogens with zero attached hydrogens (tertiary/aromatic N) is 1. The quantitative estimate of drug-likeness (QED) is 0.249. The summed E-state index contributed by atoms with van der Waals surface area (Å²) in [5.74, 6) is -2.23. The van der Waals surface area contributed by atoms with Gasteiger partial charge in [-0.15, -0.1) is 0 Å². The van der Waals surface area contributed by atoms with Crippen LogP contribution in [0.3, 0.4) is 0 Å². The van der Waals surface area contributed by atoms with Gasteiger partial charge in [-0.1, -0.05) is 30.3 Å². The normalized spacial score (nSPS) is 12.6. The molecule has 7 heteroatoms. The predicted octanol–water partition coefficient (Wildman–Crippen LogP) is 2.52. The molecule has 3 aromatic rings. The van der Waals surface area contributed by atoms with Crippen LogP contribution in [-0.2, 0) is 18.3 Å². The molecule has 0 saturated heterocycles. The first-order valence-corrected chi connectivity index (χ1v) is 10.3. The van der Waals surface area contributed by atoms with Crippen molar-refractivity contribution in [2.75, 3.05) is 0 Å². The number of carbonyl (C=O) groups excluding carboxylic acids is 1. The maximum Gasteiger partial charge on any atom is 0.308 e. The number of aliphatic carboxylic acids is 1. The number of aryl methyl sites for hydroxylation is 1. The Morgan fingerprint density at radius 3 is 2.25 bits per heavy atom. The summed E-state index contributed by atoms with van der Waals surface area (Å²) in [4.78, 5) is 24.6. The first-order valence-electron chi connectivity index (χ1n) is 10.3. The van der Waals surface area contributed by atoms with Gasteiger partial charge in [0, 0.05) is 29.3 Å². The van der Waals surface area contributed by atoms with Crippen LogP contribution in [0.1, 0.15) is 28.4 Å². The fourth-order valence-corrected chi connectivity index (χ4v) is 3.50. The standard InChI is InChI=1S/C25H26N4O3/c1-16(22(25(31)32)15-17-4-3-5-21(14-17)23(26)27)28-24(30)20-8-6-18(7-9-20)19-10-12-29(2)13-11-19/h3-14,16,22H,15H2,1-2H3,(H4-,26,27,28,30,31,32)/p+1/t16?,22-/m0/s1. The van der Waals surface area contributed by atoms with Crippen molar-refractivity contribution in [1.29, 1.82) is 5.41 Å². The van der Waals surface area contributed by atoms with Crippen molar-refractivity contribution in [2.45, 2.75) is 19.4 Å². The first-order chi connectivity index (χ1) is 15.2. The lowest BCUT2D eigenvalue weighted by molar-refractivity contribution is -0.671. The number of amides is 1. The van der Waals surface area contributed by atoms with E-state index in [1.54, 1.807) is 43.3 Å². The molecule has 0 aliphatic rings. The number of nitrogens with two attached hydrogens (primary N) is 1. The summed E-state index contributed by atoms with van der Waals surface area (Å²) >= 11 is 0. The van der Waals surface area contributed by atoms with Gasteiger partial charge in [0.05, 0.1) is 5.92 Å². The highest BCUT2D eigenvalue weighted by atomic mass is 16.4. The van der Waals surface area contributed by atoms with Gasteiger partial charge in [0.2, 0.25) is 0 Å². The molecule has 164 valence electrons. The van der Waals surface area contributed by atoms with Crippen LogP contribution in [0, 0.1) is 11.3 Å². The minimum Gasteiger partial charge on any atom is -0.481 e. The van der Waals surface area contributed by atoms with Gasteiger partial charge in [-0.05, 0) is 48.2 Å². The molecule has 7 nitrogen and oxygen atoms in total. The molecule has 5 N–H and O–H groups in total. The maximum absolute atomic E-state index is 12.7. The molecule has 0 fully saturated rings. The lowest BCUT2D eigenvalue weighted by atomic mass is 9.92. The van der Waals surface area contributed by atoms with Crippen LogP contribution in [0.5, 0.6) is 0 Å². The highest BCUT2D eigenvalue weighted by Gasteiger charge is 2.27. The number of hydrogen-bond donors (Lipinski definition) is 4. The average molecular weight is 432 g/mol. The number of benzene rings is 2. The van der Waals surface area contributed by atoms with Crippen molar-refractivity contribution in [3.63, 3.8) is 0 Å². The van der Waals surface area contributed by atoms with Gasteiger partial charge >= 0.3 is 5.97 Å². The zero-order valence-electron chi connectivity index (χ0n) is 18.1. The van der Waals surface area contributed by atoms with E-state index in [0.29, 0.717) is 11.1 Å². The number of aromatic nitrogens is 1. The van der Waals surface area contributed by atoms with E-state index in [9.17, 15) is 14.7 Å². The van der Waals surface area contributed by atoms with Crippen LogP contribution in [0.25, 0.3) is 11.1 Å². The first kappa shape index (κ1) is 22.7. The van der Waals surface area contributed by atoms with Crippen molar-refractivity contribution in [3.05, 3.63) is 89.7 Å². The molecule has 1 unspecified atom stereocenters. The molecule has 32 heavy (non-hydrogen) atoms. The molecule has 0 radical (unpaired) electrons. The molecule has 0 aliphatic heterocycles. The number of carboxylic acid groups (broad SMARTS) is 1. The molecular formula is C25H27N4O3+. The third-order valence-electron chi connectivity index (χ3n) is 5.43. The second kappa shape index (κ2) is 9.87. The van der Waals surface area contributed by atoms with Crippen molar-refractivity contribution in [1.82, 2.24) is 5.32 Å². The van der Waals surface area contributed by atoms with E-state index in [2.05, 4.69) is 5.32 Å². The minimum absolute atomic E-state index is 0.0760. The van der Waals surface area contributed by atoms with Gasteiger partial charge in [-0.2, -0.15) is 0 Å². The lowest BCUT2D eigenvalue weighted by Gasteiger charge is -2.22. The number of nitrogen functional groups attached to an aromatic ring is 1. The van der Waals surface area contributed by atoms with E-state index >= 15 is 0 Å². The van der Waals surface area contributed by atoms with E-state index in [1.165, 1.54) is 0 Å². The van der Waals surface area contributed by atoms with Gasteiger partial charge in [-0.3, -0.25) is 15.0 Å². The zero-order chi connectivity index (χ0) is 23.3. The third-order valence-corrected chi connectivity index (χ3v) is 5.43. The Morgan fingerprint density at radius 2 is 1.66 bits per heavy atom. The van der Waals surface area contributed by atoms with E-state index in [0.717, 1.165) is 16.7 Å². The average Bonchev–Trinajstić information content (AvgIpc) is 2.78. The third kappa shape index (κ3) is 5.57. The van der Waals surface area contributed by atoms with E-state index in [-0.39, 0.29) is 18.2 Å². The molecule has 2 atom stereocenters. The molecule has 1 aromatic heterocycles. The summed E-state index contributed by atoms with van der Waals surface area (Å²) in [6, 6.07) is 17.5. The second-order valence-corrected chi connectivity index (χ2v) is 7.85. The molecule has 0 spiro atoms. The summed E-state index contributed by atoms with van der Waals surface area (Å²) < 4.78 is 1.95. The van der Waals surface area contributed by atoms with Gasteiger partial charge in [0.25, 0.3) is 5.91 Å². The SMILES string of the molecule is CC(NC(=O)c1ccc(-c2cc[n+](C)cc2)cc1)[C@H](Cc1cccc(C(=N)N)c1)C(=O)O. The minimum atomic E-state index is -1.00. The van der Waals surface area contributed by atoms with Crippen LogP contribution >= 0.6 is 0 Å². The molecule has 3 rings (SSSR count). The van der Waals surface area contributed by atoms with Crippen LogP contribution < -0.4 is 15.6 Å². The number of nitrogens with one attached hydrogen (secondary N) is 2. The van der Waals surface area contributed by atoms with Crippen molar-refractivity contribution < 1.29 is 19.3 Å². The zero-order valence-corrected chi connectivity index (χ0v) is 18.1. The Hall–Kier alpha value is -4.00. The Labute approximate surface area is 187 Å². The van der Waals surface area contributed by atoms with E-state index in [1.807, 2.05) is 48.3 Å². The molecule has 0 saturated carbocycles. The van der Waals surface area contributed by atoms with Gasteiger partial charge < -0.3 is 16.2 Å². The van der Waals surface area contributed by atoms with Gasteiger partial charge in [0.15, 0.2) is 12.4 Å². The number of carbonyl (C=O) groups is 2. The Balaban J connectivity index is 1.69.